The lowest BCUT2D eigenvalue weighted by molar-refractivity contribution is 0.271. The highest BCUT2D eigenvalue weighted by atomic mass is 16.3. The van der Waals surface area contributed by atoms with Gasteiger partial charge < -0.3 is 10.4 Å². The molecule has 0 saturated carbocycles. The first kappa shape index (κ1) is 9.92. The summed E-state index contributed by atoms with van der Waals surface area (Å²) in [6.07, 6.45) is 2.58. The molecule has 0 spiro atoms. The summed E-state index contributed by atoms with van der Waals surface area (Å²) in [7, 11) is 0. The van der Waals surface area contributed by atoms with Crippen molar-refractivity contribution in [1.82, 2.24) is 9.97 Å². The minimum Gasteiger partial charge on any atom is -0.394 e. The molecule has 0 aliphatic carbocycles. The smallest absolute Gasteiger partial charge is 0.129 e. The molecule has 4 nitrogen and oxygen atoms in total. The lowest BCUT2D eigenvalue weighted by atomic mass is 10.2. The summed E-state index contributed by atoms with van der Waals surface area (Å²) in [4.78, 5) is 8.16. The van der Waals surface area contributed by atoms with Crippen molar-refractivity contribution in [3.63, 3.8) is 0 Å². The zero-order valence-electron chi connectivity index (χ0n) is 7.99. The van der Waals surface area contributed by atoms with Gasteiger partial charge in [0.2, 0.25) is 0 Å². The van der Waals surface area contributed by atoms with E-state index < -0.39 is 0 Å². The molecule has 0 fully saturated rings. The molecule has 1 rings (SSSR count). The molecule has 0 radical (unpaired) electrons. The molecule has 72 valence electrons. The second kappa shape index (κ2) is 4.77. The third-order valence-electron chi connectivity index (χ3n) is 1.84. The summed E-state index contributed by atoms with van der Waals surface area (Å²) in [5.74, 6) is 1.51. The molecule has 0 saturated heterocycles. The number of hydrogen-bond donors (Lipinski definition) is 2. The van der Waals surface area contributed by atoms with Gasteiger partial charge >= 0.3 is 0 Å². The van der Waals surface area contributed by atoms with Crippen LogP contribution in [0, 0.1) is 6.92 Å². The third-order valence-corrected chi connectivity index (χ3v) is 1.84. The number of nitrogens with one attached hydrogen (secondary N) is 1. The summed E-state index contributed by atoms with van der Waals surface area (Å²) < 4.78 is 0. The van der Waals surface area contributed by atoms with E-state index in [0.717, 1.165) is 18.1 Å². The molecule has 1 atom stereocenters. The summed E-state index contributed by atoms with van der Waals surface area (Å²) >= 11 is 0. The fourth-order valence-electron chi connectivity index (χ4n) is 1.02. The van der Waals surface area contributed by atoms with E-state index in [1.807, 2.05) is 13.8 Å². The zero-order valence-corrected chi connectivity index (χ0v) is 7.99. The molecular weight excluding hydrogens is 166 g/mol. The maximum Gasteiger partial charge on any atom is 0.129 e. The molecule has 0 bridgehead atoms. The molecule has 4 heteroatoms. The summed E-state index contributed by atoms with van der Waals surface area (Å²) in [5, 5.41) is 12.1. The molecule has 0 aliphatic rings. The standard InChI is InChI=1S/C9H15N3O/c1-3-8(6-13)12-9-4-5-10-7(2)11-9/h4-5,8,13H,3,6H2,1-2H3,(H,10,11,12)/t8-/m0/s1. The van der Waals surface area contributed by atoms with Crippen molar-refractivity contribution in [2.45, 2.75) is 26.3 Å². The fraction of sp³-hybridized carbons (Fsp3) is 0.556. The number of aliphatic hydroxyl groups excluding tert-OH is 1. The van der Waals surface area contributed by atoms with Gasteiger partial charge in [-0.2, -0.15) is 0 Å². The van der Waals surface area contributed by atoms with E-state index in [-0.39, 0.29) is 12.6 Å². The minimum atomic E-state index is 0.0781. The van der Waals surface area contributed by atoms with Crippen molar-refractivity contribution in [2.24, 2.45) is 0 Å². The van der Waals surface area contributed by atoms with Crippen LogP contribution in [0.25, 0.3) is 0 Å². The largest absolute Gasteiger partial charge is 0.394 e. The van der Waals surface area contributed by atoms with Crippen LogP contribution in [0.1, 0.15) is 19.2 Å². The van der Waals surface area contributed by atoms with Gasteiger partial charge in [-0.15, -0.1) is 0 Å². The Bertz CT molecular complexity index is 261. The fourth-order valence-corrected chi connectivity index (χ4v) is 1.02. The van der Waals surface area contributed by atoms with Crippen LogP contribution < -0.4 is 5.32 Å². The first-order valence-corrected chi connectivity index (χ1v) is 4.43. The van der Waals surface area contributed by atoms with E-state index >= 15 is 0 Å². The number of anilines is 1. The second-order valence-electron chi connectivity index (χ2n) is 2.92. The Labute approximate surface area is 78.0 Å². The van der Waals surface area contributed by atoms with Gasteiger partial charge in [0.1, 0.15) is 11.6 Å². The van der Waals surface area contributed by atoms with Crippen molar-refractivity contribution >= 4 is 5.82 Å². The molecule has 1 aromatic rings. The lowest BCUT2D eigenvalue weighted by Gasteiger charge is -2.14. The number of aliphatic hydroxyl groups is 1. The Balaban J connectivity index is 2.62. The molecule has 2 N–H and O–H groups in total. The van der Waals surface area contributed by atoms with Crippen LogP contribution in [-0.2, 0) is 0 Å². The number of aromatic nitrogens is 2. The van der Waals surface area contributed by atoms with Crippen molar-refractivity contribution in [2.75, 3.05) is 11.9 Å². The SMILES string of the molecule is CC[C@@H](CO)Nc1ccnc(C)n1. The van der Waals surface area contributed by atoms with Gasteiger partial charge in [0.05, 0.1) is 12.6 Å². The van der Waals surface area contributed by atoms with Gasteiger partial charge in [-0.25, -0.2) is 9.97 Å². The van der Waals surface area contributed by atoms with Crippen LogP contribution in [0.15, 0.2) is 12.3 Å². The van der Waals surface area contributed by atoms with E-state index in [9.17, 15) is 0 Å². The van der Waals surface area contributed by atoms with Crippen LogP contribution in [0.3, 0.4) is 0 Å². The van der Waals surface area contributed by atoms with E-state index in [0.29, 0.717) is 0 Å². The number of hydrogen-bond acceptors (Lipinski definition) is 4. The highest BCUT2D eigenvalue weighted by molar-refractivity contribution is 5.33. The Kier molecular flexibility index (Phi) is 3.64. The highest BCUT2D eigenvalue weighted by Gasteiger charge is 2.04. The van der Waals surface area contributed by atoms with Gasteiger partial charge in [-0.3, -0.25) is 0 Å². The lowest BCUT2D eigenvalue weighted by Crippen LogP contribution is -2.23. The quantitative estimate of drug-likeness (QED) is 0.726. The Morgan fingerprint density at radius 1 is 1.62 bits per heavy atom. The first-order chi connectivity index (χ1) is 6.26. The molecule has 1 aromatic heterocycles. The van der Waals surface area contributed by atoms with Gasteiger partial charge in [0, 0.05) is 6.20 Å². The average Bonchev–Trinajstić information content (AvgIpc) is 2.14. The van der Waals surface area contributed by atoms with Crippen molar-refractivity contribution < 1.29 is 5.11 Å². The third kappa shape index (κ3) is 2.99. The molecule has 0 amide bonds. The Hall–Kier alpha value is -1.16. The molecular formula is C9H15N3O. The van der Waals surface area contributed by atoms with E-state index in [1.165, 1.54) is 0 Å². The predicted octanol–water partition coefficient (Wildman–Crippen LogP) is 0.968. The van der Waals surface area contributed by atoms with Crippen LogP contribution in [0.4, 0.5) is 5.82 Å². The molecule has 13 heavy (non-hydrogen) atoms. The van der Waals surface area contributed by atoms with Gasteiger partial charge in [-0.1, -0.05) is 6.92 Å². The number of aryl methyl sites for hydroxylation is 1. The summed E-state index contributed by atoms with van der Waals surface area (Å²) in [6.45, 7) is 3.98. The topological polar surface area (TPSA) is 58.0 Å². The van der Waals surface area contributed by atoms with E-state index in [4.69, 9.17) is 5.11 Å². The van der Waals surface area contributed by atoms with Crippen molar-refractivity contribution in [3.8, 4) is 0 Å². The number of rotatable bonds is 4. The van der Waals surface area contributed by atoms with E-state index in [1.54, 1.807) is 12.3 Å². The molecule has 0 aromatic carbocycles. The van der Waals surface area contributed by atoms with Gasteiger partial charge in [0.15, 0.2) is 0 Å². The maximum absolute atomic E-state index is 8.95. The minimum absolute atomic E-state index is 0.0781. The number of nitrogens with zero attached hydrogens (tertiary/aromatic N) is 2. The summed E-state index contributed by atoms with van der Waals surface area (Å²) in [6, 6.07) is 1.87. The first-order valence-electron chi connectivity index (χ1n) is 4.43. The highest BCUT2D eigenvalue weighted by Crippen LogP contribution is 2.04. The molecule has 0 unspecified atom stereocenters. The van der Waals surface area contributed by atoms with Gasteiger partial charge in [0.25, 0.3) is 0 Å². The van der Waals surface area contributed by atoms with E-state index in [2.05, 4.69) is 15.3 Å². The van der Waals surface area contributed by atoms with Crippen LogP contribution in [0.5, 0.6) is 0 Å². The Morgan fingerprint density at radius 3 is 2.92 bits per heavy atom. The second-order valence-corrected chi connectivity index (χ2v) is 2.92. The average molecular weight is 181 g/mol. The zero-order chi connectivity index (χ0) is 9.68. The van der Waals surface area contributed by atoms with Crippen molar-refractivity contribution in [1.29, 1.82) is 0 Å². The molecule has 1 heterocycles. The van der Waals surface area contributed by atoms with Crippen LogP contribution in [0.2, 0.25) is 0 Å². The Morgan fingerprint density at radius 2 is 2.38 bits per heavy atom. The van der Waals surface area contributed by atoms with Crippen molar-refractivity contribution in [3.05, 3.63) is 18.1 Å². The molecule has 0 aliphatic heterocycles. The summed E-state index contributed by atoms with van der Waals surface area (Å²) in [5.41, 5.74) is 0. The van der Waals surface area contributed by atoms with Crippen LogP contribution in [-0.4, -0.2) is 27.7 Å². The monoisotopic (exact) mass is 181 g/mol. The normalized spacial score (nSPS) is 12.5. The van der Waals surface area contributed by atoms with Crippen LogP contribution >= 0.6 is 0 Å². The van der Waals surface area contributed by atoms with Gasteiger partial charge in [-0.05, 0) is 19.4 Å². The predicted molar refractivity (Wildman–Crippen MR) is 51.6 cm³/mol. The maximum atomic E-state index is 8.95.